The first kappa shape index (κ1) is 20.6. The number of amides is 1. The second kappa shape index (κ2) is 8.68. The third-order valence-electron chi connectivity index (χ3n) is 5.21. The maximum Gasteiger partial charge on any atom is 0.253 e. The van der Waals surface area contributed by atoms with Crippen LogP contribution in [0.3, 0.4) is 0 Å². The van der Waals surface area contributed by atoms with Gasteiger partial charge in [0.2, 0.25) is 11.1 Å². The third-order valence-corrected chi connectivity index (χ3v) is 7.08. The molecule has 0 spiro atoms. The van der Waals surface area contributed by atoms with Gasteiger partial charge in [0.25, 0.3) is 5.78 Å². The number of carbonyl (C=O) groups is 1. The number of carbonyl (C=O) groups excluding carboxylic acids is 1. The molecule has 2 aromatic carbocycles. The average molecular weight is 461 g/mol. The molecule has 0 fully saturated rings. The van der Waals surface area contributed by atoms with Crippen LogP contribution >= 0.6 is 23.1 Å². The van der Waals surface area contributed by atoms with Crippen LogP contribution in [0.5, 0.6) is 0 Å². The quantitative estimate of drug-likeness (QED) is 0.343. The van der Waals surface area contributed by atoms with Crippen LogP contribution < -0.4 is 4.90 Å². The van der Waals surface area contributed by atoms with E-state index >= 15 is 0 Å². The smallest absolute Gasteiger partial charge is 0.253 e. The van der Waals surface area contributed by atoms with Gasteiger partial charge in [0.15, 0.2) is 5.13 Å². The number of hydrogen-bond acceptors (Lipinski definition) is 7. The van der Waals surface area contributed by atoms with Crippen molar-refractivity contribution < 1.29 is 4.79 Å². The maximum absolute atomic E-state index is 13.4. The van der Waals surface area contributed by atoms with Crippen molar-refractivity contribution >= 4 is 50.1 Å². The molecule has 9 heteroatoms. The molecule has 5 rings (SSSR count). The Balaban J connectivity index is 1.43. The standard InChI is InChI=1S/C23H20N6OS2/c1-15-9-10-18-20(16(15)2)25-23(32-18)28(13-17-7-4-3-5-8-17)19(30)14-31-22-26-21-24-11-6-12-29(21)27-22/h3-12H,13-14H2,1-2H3. The zero-order valence-corrected chi connectivity index (χ0v) is 19.2. The molecule has 1 amide bonds. The number of thiazole rings is 1. The zero-order valence-electron chi connectivity index (χ0n) is 17.6. The molecule has 5 aromatic rings. The molecule has 32 heavy (non-hydrogen) atoms. The van der Waals surface area contributed by atoms with Crippen molar-refractivity contribution in [2.24, 2.45) is 0 Å². The largest absolute Gasteiger partial charge is 0.283 e. The number of thioether (sulfide) groups is 1. The first-order valence-electron chi connectivity index (χ1n) is 10.1. The Hall–Kier alpha value is -3.30. The number of aromatic nitrogens is 5. The molecule has 0 aliphatic carbocycles. The van der Waals surface area contributed by atoms with E-state index in [9.17, 15) is 4.79 Å². The van der Waals surface area contributed by atoms with Crippen molar-refractivity contribution in [2.45, 2.75) is 25.5 Å². The number of nitrogens with zero attached hydrogens (tertiary/aromatic N) is 6. The van der Waals surface area contributed by atoms with E-state index in [1.165, 1.54) is 17.3 Å². The zero-order chi connectivity index (χ0) is 22.1. The van der Waals surface area contributed by atoms with Gasteiger partial charge in [-0.1, -0.05) is 59.5 Å². The lowest BCUT2D eigenvalue weighted by Crippen LogP contribution is -2.31. The fraction of sp³-hybridized carbons (Fsp3) is 0.174. The summed E-state index contributed by atoms with van der Waals surface area (Å²) in [6.45, 7) is 4.61. The van der Waals surface area contributed by atoms with Gasteiger partial charge in [-0.15, -0.1) is 5.10 Å². The van der Waals surface area contributed by atoms with E-state index < -0.39 is 0 Å². The minimum Gasteiger partial charge on any atom is -0.283 e. The minimum absolute atomic E-state index is 0.0425. The molecule has 0 N–H and O–H groups in total. The van der Waals surface area contributed by atoms with Crippen molar-refractivity contribution in [1.29, 1.82) is 0 Å². The van der Waals surface area contributed by atoms with E-state index in [2.05, 4.69) is 41.0 Å². The van der Waals surface area contributed by atoms with Crippen LogP contribution in [0, 0.1) is 13.8 Å². The van der Waals surface area contributed by atoms with Crippen LogP contribution in [0.15, 0.2) is 66.1 Å². The highest BCUT2D eigenvalue weighted by molar-refractivity contribution is 7.99. The summed E-state index contributed by atoms with van der Waals surface area (Å²) in [7, 11) is 0. The summed E-state index contributed by atoms with van der Waals surface area (Å²) in [5.74, 6) is 0.678. The Bertz CT molecular complexity index is 1380. The van der Waals surface area contributed by atoms with Gasteiger partial charge in [-0.05, 0) is 42.7 Å². The van der Waals surface area contributed by atoms with E-state index in [4.69, 9.17) is 4.98 Å². The number of rotatable bonds is 6. The molecule has 160 valence electrons. The van der Waals surface area contributed by atoms with Crippen LogP contribution in [0.2, 0.25) is 0 Å². The van der Waals surface area contributed by atoms with Gasteiger partial charge in [0.1, 0.15) is 0 Å². The van der Waals surface area contributed by atoms with E-state index in [1.54, 1.807) is 39.2 Å². The lowest BCUT2D eigenvalue weighted by Gasteiger charge is -2.19. The summed E-state index contributed by atoms with van der Waals surface area (Å²) in [4.78, 5) is 28.5. The van der Waals surface area contributed by atoms with Crippen molar-refractivity contribution in [3.05, 3.63) is 77.6 Å². The Morgan fingerprint density at radius 3 is 2.75 bits per heavy atom. The molecule has 7 nitrogen and oxygen atoms in total. The van der Waals surface area contributed by atoms with Crippen LogP contribution in [0.25, 0.3) is 16.0 Å². The van der Waals surface area contributed by atoms with E-state index in [0.717, 1.165) is 21.3 Å². The summed E-state index contributed by atoms with van der Waals surface area (Å²) in [5, 5.41) is 5.60. The van der Waals surface area contributed by atoms with Crippen molar-refractivity contribution in [2.75, 3.05) is 10.7 Å². The number of hydrogen-bond donors (Lipinski definition) is 0. The van der Waals surface area contributed by atoms with Gasteiger partial charge in [-0.2, -0.15) is 4.98 Å². The maximum atomic E-state index is 13.4. The lowest BCUT2D eigenvalue weighted by molar-refractivity contribution is -0.116. The van der Waals surface area contributed by atoms with Gasteiger partial charge >= 0.3 is 0 Å². The van der Waals surface area contributed by atoms with Crippen molar-refractivity contribution in [1.82, 2.24) is 24.6 Å². The summed E-state index contributed by atoms with van der Waals surface area (Å²) in [6.07, 6.45) is 3.45. The fourth-order valence-electron chi connectivity index (χ4n) is 3.34. The molecule has 0 unspecified atom stereocenters. The molecule has 0 radical (unpaired) electrons. The van der Waals surface area contributed by atoms with Gasteiger partial charge in [-0.3, -0.25) is 9.69 Å². The minimum atomic E-state index is -0.0425. The predicted molar refractivity (Wildman–Crippen MR) is 128 cm³/mol. The average Bonchev–Trinajstić information content (AvgIpc) is 3.43. The van der Waals surface area contributed by atoms with E-state index in [-0.39, 0.29) is 11.7 Å². The summed E-state index contributed by atoms with van der Waals surface area (Å²) in [6, 6.07) is 15.9. The Kier molecular flexibility index (Phi) is 5.59. The number of fused-ring (bicyclic) bond motifs is 2. The molecule has 3 heterocycles. The van der Waals surface area contributed by atoms with E-state index in [0.29, 0.717) is 22.6 Å². The number of anilines is 1. The van der Waals surface area contributed by atoms with Crippen LogP contribution in [0.1, 0.15) is 16.7 Å². The normalized spacial score (nSPS) is 11.3. The Morgan fingerprint density at radius 2 is 1.94 bits per heavy atom. The number of benzene rings is 2. The molecule has 0 saturated heterocycles. The molecular formula is C23H20N6OS2. The van der Waals surface area contributed by atoms with Crippen LogP contribution in [-0.2, 0) is 11.3 Å². The predicted octanol–water partition coefficient (Wildman–Crippen LogP) is 4.68. The first-order chi connectivity index (χ1) is 15.6. The second-order valence-corrected chi connectivity index (χ2v) is 9.32. The van der Waals surface area contributed by atoms with Crippen LogP contribution in [-0.4, -0.2) is 36.2 Å². The topological polar surface area (TPSA) is 76.3 Å². The van der Waals surface area contributed by atoms with Gasteiger partial charge < -0.3 is 0 Å². The molecule has 0 aliphatic rings. The van der Waals surface area contributed by atoms with Crippen LogP contribution in [0.4, 0.5) is 5.13 Å². The molecule has 0 bridgehead atoms. The second-order valence-electron chi connectivity index (χ2n) is 7.36. The third kappa shape index (κ3) is 4.09. The highest BCUT2D eigenvalue weighted by Crippen LogP contribution is 2.33. The monoisotopic (exact) mass is 460 g/mol. The highest BCUT2D eigenvalue weighted by atomic mass is 32.2. The molecule has 0 aliphatic heterocycles. The molecule has 3 aromatic heterocycles. The highest BCUT2D eigenvalue weighted by Gasteiger charge is 2.22. The van der Waals surface area contributed by atoms with Crippen molar-refractivity contribution in [3.63, 3.8) is 0 Å². The summed E-state index contributed by atoms with van der Waals surface area (Å²) < 4.78 is 2.68. The van der Waals surface area contributed by atoms with Gasteiger partial charge in [-0.25, -0.2) is 14.5 Å². The Labute approximate surface area is 193 Å². The van der Waals surface area contributed by atoms with Gasteiger partial charge in [0, 0.05) is 12.4 Å². The Morgan fingerprint density at radius 1 is 1.09 bits per heavy atom. The molecular weight excluding hydrogens is 440 g/mol. The SMILES string of the molecule is Cc1ccc2sc(N(Cc3ccccc3)C(=O)CSc3nc4ncccn4n3)nc2c1C. The number of aryl methyl sites for hydroxylation is 2. The molecule has 0 saturated carbocycles. The van der Waals surface area contributed by atoms with Crippen molar-refractivity contribution in [3.8, 4) is 0 Å². The lowest BCUT2D eigenvalue weighted by atomic mass is 10.1. The van der Waals surface area contributed by atoms with Gasteiger partial charge in [0.05, 0.1) is 22.5 Å². The molecule has 0 atom stereocenters. The summed E-state index contributed by atoms with van der Waals surface area (Å²) >= 11 is 2.84. The summed E-state index contributed by atoms with van der Waals surface area (Å²) in [5.41, 5.74) is 4.34. The van der Waals surface area contributed by atoms with E-state index in [1.807, 2.05) is 30.3 Å². The first-order valence-corrected chi connectivity index (χ1v) is 11.9. The fourth-order valence-corrected chi connectivity index (χ4v) is 5.08.